The van der Waals surface area contributed by atoms with Crippen molar-refractivity contribution in [1.82, 2.24) is 14.8 Å². The molecule has 20 heavy (non-hydrogen) atoms. The normalized spacial score (nSPS) is 12.7. The van der Waals surface area contributed by atoms with Crippen LogP contribution in [-0.4, -0.2) is 14.8 Å². The number of rotatable bonds is 4. The molecule has 1 unspecified atom stereocenters. The van der Waals surface area contributed by atoms with Crippen molar-refractivity contribution in [2.45, 2.75) is 39.7 Å². The van der Waals surface area contributed by atoms with E-state index in [4.69, 9.17) is 17.3 Å². The number of aromatic nitrogens is 3. The number of nitrogens with two attached hydrogens (primary N) is 1. The second-order valence-corrected chi connectivity index (χ2v) is 5.59. The van der Waals surface area contributed by atoms with Gasteiger partial charge in [-0.3, -0.25) is 9.67 Å². The summed E-state index contributed by atoms with van der Waals surface area (Å²) in [5, 5.41) is 5.15. The zero-order chi connectivity index (χ0) is 14.9. The van der Waals surface area contributed by atoms with Crippen molar-refractivity contribution >= 4 is 11.6 Å². The molecule has 0 spiro atoms. The van der Waals surface area contributed by atoms with E-state index in [0.29, 0.717) is 6.42 Å². The summed E-state index contributed by atoms with van der Waals surface area (Å²) in [5.41, 5.74) is 11.4. The van der Waals surface area contributed by atoms with Crippen molar-refractivity contribution in [3.8, 4) is 0 Å². The number of pyridine rings is 1. The summed E-state index contributed by atoms with van der Waals surface area (Å²) in [7, 11) is 1.91. The first-order chi connectivity index (χ1) is 9.43. The van der Waals surface area contributed by atoms with E-state index in [0.717, 1.165) is 39.7 Å². The number of halogens is 1. The van der Waals surface area contributed by atoms with Gasteiger partial charge in [-0.05, 0) is 31.4 Å². The fourth-order valence-corrected chi connectivity index (χ4v) is 2.83. The van der Waals surface area contributed by atoms with Crippen LogP contribution >= 0.6 is 11.6 Å². The van der Waals surface area contributed by atoms with Crippen molar-refractivity contribution in [2.24, 2.45) is 12.8 Å². The summed E-state index contributed by atoms with van der Waals surface area (Å²) in [4.78, 5) is 4.46. The van der Waals surface area contributed by atoms with E-state index in [2.05, 4.69) is 16.1 Å². The maximum absolute atomic E-state index is 6.37. The van der Waals surface area contributed by atoms with Gasteiger partial charge in [0.25, 0.3) is 0 Å². The van der Waals surface area contributed by atoms with Crippen LogP contribution in [0, 0.1) is 13.8 Å². The molecule has 0 bridgehead atoms. The van der Waals surface area contributed by atoms with Crippen LogP contribution in [-0.2, 0) is 19.9 Å². The molecule has 2 heterocycles. The highest BCUT2D eigenvalue weighted by molar-refractivity contribution is 6.31. The molecule has 108 valence electrons. The fourth-order valence-electron chi connectivity index (χ4n) is 2.46. The van der Waals surface area contributed by atoms with Gasteiger partial charge >= 0.3 is 0 Å². The molecule has 0 aliphatic carbocycles. The van der Waals surface area contributed by atoms with Gasteiger partial charge in [-0.2, -0.15) is 5.10 Å². The predicted molar refractivity (Wildman–Crippen MR) is 81.9 cm³/mol. The largest absolute Gasteiger partial charge is 0.322 e. The van der Waals surface area contributed by atoms with Gasteiger partial charge in [0.05, 0.1) is 28.1 Å². The van der Waals surface area contributed by atoms with Crippen molar-refractivity contribution < 1.29 is 0 Å². The zero-order valence-electron chi connectivity index (χ0n) is 12.4. The third kappa shape index (κ3) is 2.86. The number of nitrogens with zero attached hydrogens (tertiary/aromatic N) is 3. The molecule has 0 radical (unpaired) electrons. The highest BCUT2D eigenvalue weighted by Gasteiger charge is 2.18. The minimum atomic E-state index is -0.173. The third-order valence-electron chi connectivity index (χ3n) is 3.52. The van der Waals surface area contributed by atoms with E-state index in [1.54, 1.807) is 0 Å². The first-order valence-corrected chi connectivity index (χ1v) is 7.20. The van der Waals surface area contributed by atoms with Gasteiger partial charge in [0.1, 0.15) is 0 Å². The third-order valence-corrected chi connectivity index (χ3v) is 3.96. The van der Waals surface area contributed by atoms with E-state index < -0.39 is 0 Å². The Morgan fingerprint density at radius 2 is 2.10 bits per heavy atom. The zero-order valence-corrected chi connectivity index (χ0v) is 13.2. The summed E-state index contributed by atoms with van der Waals surface area (Å²) >= 11 is 6.37. The molecule has 2 N–H and O–H groups in total. The standard InChI is InChI=1S/C15H21ClN4/c1-5-12-14(16)13(20(4)19-12)7-11(17)15-10(3)6-9(2)8-18-15/h6,8,11H,5,7,17H2,1-4H3. The van der Waals surface area contributed by atoms with Gasteiger partial charge in [-0.1, -0.05) is 24.6 Å². The number of hydrogen-bond acceptors (Lipinski definition) is 3. The summed E-state index contributed by atoms with van der Waals surface area (Å²) in [6, 6.07) is 1.93. The second kappa shape index (κ2) is 5.94. The smallest absolute Gasteiger partial charge is 0.0850 e. The highest BCUT2D eigenvalue weighted by atomic mass is 35.5. The molecular formula is C15H21ClN4. The molecule has 2 aromatic rings. The Balaban J connectivity index is 2.27. The quantitative estimate of drug-likeness (QED) is 0.943. The van der Waals surface area contributed by atoms with Gasteiger partial charge in [-0.15, -0.1) is 0 Å². The summed E-state index contributed by atoms with van der Waals surface area (Å²) < 4.78 is 1.82. The molecule has 2 aromatic heterocycles. The first kappa shape index (κ1) is 15.0. The summed E-state index contributed by atoms with van der Waals surface area (Å²) in [6.45, 7) is 6.11. The maximum atomic E-state index is 6.37. The van der Waals surface area contributed by atoms with Crippen molar-refractivity contribution in [3.63, 3.8) is 0 Å². The molecule has 2 rings (SSSR count). The van der Waals surface area contributed by atoms with Gasteiger partial charge < -0.3 is 5.73 Å². The van der Waals surface area contributed by atoms with Crippen LogP contribution in [0.15, 0.2) is 12.3 Å². The molecule has 1 atom stereocenters. The average Bonchev–Trinajstić information content (AvgIpc) is 2.66. The Hall–Kier alpha value is -1.39. The lowest BCUT2D eigenvalue weighted by Gasteiger charge is -2.14. The van der Waals surface area contributed by atoms with Crippen LogP contribution in [0.3, 0.4) is 0 Å². The van der Waals surface area contributed by atoms with Crippen molar-refractivity contribution in [3.05, 3.63) is 45.5 Å². The van der Waals surface area contributed by atoms with Gasteiger partial charge in [0.15, 0.2) is 0 Å². The number of aryl methyl sites for hydroxylation is 4. The summed E-state index contributed by atoms with van der Waals surface area (Å²) in [5.74, 6) is 0. The molecule has 0 amide bonds. The van der Waals surface area contributed by atoms with Crippen molar-refractivity contribution in [2.75, 3.05) is 0 Å². The molecule has 0 aliphatic rings. The van der Waals surface area contributed by atoms with E-state index in [9.17, 15) is 0 Å². The Bertz CT molecular complexity index is 619. The summed E-state index contributed by atoms with van der Waals surface area (Å²) in [6.07, 6.45) is 3.31. The lowest BCUT2D eigenvalue weighted by molar-refractivity contribution is 0.624. The maximum Gasteiger partial charge on any atom is 0.0850 e. The number of hydrogen-bond donors (Lipinski definition) is 1. The second-order valence-electron chi connectivity index (χ2n) is 5.21. The van der Waals surface area contributed by atoms with Crippen LogP contribution in [0.25, 0.3) is 0 Å². The molecule has 0 saturated carbocycles. The first-order valence-electron chi connectivity index (χ1n) is 6.83. The predicted octanol–water partition coefficient (Wildman–Crippen LogP) is 2.89. The lowest BCUT2D eigenvalue weighted by atomic mass is 10.0. The monoisotopic (exact) mass is 292 g/mol. The van der Waals surface area contributed by atoms with E-state index in [1.807, 2.05) is 38.7 Å². The van der Waals surface area contributed by atoms with Crippen molar-refractivity contribution in [1.29, 1.82) is 0 Å². The van der Waals surface area contributed by atoms with Crippen LogP contribution < -0.4 is 5.73 Å². The minimum absolute atomic E-state index is 0.173. The molecule has 0 aromatic carbocycles. The fraction of sp³-hybridized carbons (Fsp3) is 0.467. The molecule has 0 fully saturated rings. The average molecular weight is 293 g/mol. The molecule has 0 saturated heterocycles. The minimum Gasteiger partial charge on any atom is -0.322 e. The van der Waals surface area contributed by atoms with Crippen LogP contribution in [0.5, 0.6) is 0 Å². The van der Waals surface area contributed by atoms with Crippen LogP contribution in [0.4, 0.5) is 0 Å². The molecule has 4 nitrogen and oxygen atoms in total. The van der Waals surface area contributed by atoms with Gasteiger partial charge in [-0.25, -0.2) is 0 Å². The highest BCUT2D eigenvalue weighted by Crippen LogP contribution is 2.25. The van der Waals surface area contributed by atoms with E-state index in [1.165, 1.54) is 0 Å². The van der Waals surface area contributed by atoms with Crippen LogP contribution in [0.2, 0.25) is 5.02 Å². The topological polar surface area (TPSA) is 56.7 Å². The lowest BCUT2D eigenvalue weighted by Crippen LogP contribution is -2.18. The van der Waals surface area contributed by atoms with E-state index >= 15 is 0 Å². The Labute approximate surface area is 125 Å². The van der Waals surface area contributed by atoms with Gasteiger partial charge in [0, 0.05) is 19.7 Å². The Morgan fingerprint density at radius 3 is 2.65 bits per heavy atom. The molecular weight excluding hydrogens is 272 g/mol. The molecule has 0 aliphatic heterocycles. The van der Waals surface area contributed by atoms with Gasteiger partial charge in [0.2, 0.25) is 0 Å². The Kier molecular flexibility index (Phi) is 4.45. The SMILES string of the molecule is CCc1nn(C)c(CC(N)c2ncc(C)cc2C)c1Cl. The van der Waals surface area contributed by atoms with E-state index in [-0.39, 0.29) is 6.04 Å². The molecule has 5 heteroatoms. The van der Waals surface area contributed by atoms with Crippen LogP contribution in [0.1, 0.15) is 41.2 Å². The Morgan fingerprint density at radius 1 is 1.40 bits per heavy atom.